The number of amides is 1. The molecular weight excluding hydrogens is 447 g/mol. The van der Waals surface area contributed by atoms with E-state index in [1.165, 1.54) is 12.3 Å². The molecule has 1 aliphatic carbocycles. The number of hydrogen-bond donors (Lipinski definition) is 3. The summed E-state index contributed by atoms with van der Waals surface area (Å²) in [6.45, 7) is 5.59. The highest BCUT2D eigenvalue weighted by molar-refractivity contribution is 5.93. The van der Waals surface area contributed by atoms with Gasteiger partial charge in [0.1, 0.15) is 0 Å². The van der Waals surface area contributed by atoms with E-state index in [2.05, 4.69) is 39.6 Å². The van der Waals surface area contributed by atoms with Gasteiger partial charge in [0.2, 0.25) is 5.91 Å². The summed E-state index contributed by atoms with van der Waals surface area (Å²) in [6, 6.07) is 3.92. The zero-order valence-electron chi connectivity index (χ0n) is 19.5. The minimum atomic E-state index is -4.46. The Bertz CT molecular complexity index is 1000. The van der Waals surface area contributed by atoms with Crippen LogP contribution in [0.3, 0.4) is 0 Å². The summed E-state index contributed by atoms with van der Waals surface area (Å²) in [7, 11) is 0. The lowest BCUT2D eigenvalue weighted by Crippen LogP contribution is -2.63. The molecule has 1 amide bonds. The summed E-state index contributed by atoms with van der Waals surface area (Å²) in [5, 5.41) is 24.6. The number of carbonyl (C=O) groups excluding carboxylic acids is 1. The maximum Gasteiger partial charge on any atom is 0.416 e. The van der Waals surface area contributed by atoms with Gasteiger partial charge in [-0.2, -0.15) is 18.3 Å². The first-order valence-corrected chi connectivity index (χ1v) is 11.9. The number of aliphatic hydroxyl groups is 1. The van der Waals surface area contributed by atoms with E-state index in [-0.39, 0.29) is 41.7 Å². The number of benzene rings is 1. The number of likely N-dealkylation sites (tertiary alicyclic amines) is 1. The van der Waals surface area contributed by atoms with Crippen LogP contribution in [0.15, 0.2) is 24.4 Å². The molecular formula is C24H32F3N5O2. The molecule has 2 aliphatic rings. The highest BCUT2D eigenvalue weighted by atomic mass is 19.4. The van der Waals surface area contributed by atoms with Crippen LogP contribution in [-0.4, -0.2) is 63.9 Å². The normalized spacial score (nSPS) is 23.0. The van der Waals surface area contributed by atoms with Gasteiger partial charge in [-0.25, -0.2) is 0 Å². The molecule has 2 aromatic rings. The number of halogens is 3. The van der Waals surface area contributed by atoms with Gasteiger partial charge >= 0.3 is 6.18 Å². The number of anilines is 1. The molecule has 2 heterocycles. The molecule has 2 fully saturated rings. The summed E-state index contributed by atoms with van der Waals surface area (Å²) in [4.78, 5) is 14.8. The van der Waals surface area contributed by atoms with Crippen LogP contribution >= 0.6 is 0 Å². The maximum absolute atomic E-state index is 13.1. The van der Waals surface area contributed by atoms with Crippen molar-refractivity contribution in [3.05, 3.63) is 30.0 Å². The molecule has 1 atom stereocenters. The molecule has 7 nitrogen and oxygen atoms in total. The molecule has 0 radical (unpaired) electrons. The second-order valence-electron chi connectivity index (χ2n) is 9.87. The number of carbonyl (C=O) groups is 1. The van der Waals surface area contributed by atoms with Crippen LogP contribution in [-0.2, 0) is 11.0 Å². The highest BCUT2D eigenvalue weighted by Gasteiger charge is 2.37. The molecule has 3 N–H and O–H groups in total. The Balaban J connectivity index is 1.24. The number of rotatable bonds is 7. The lowest BCUT2D eigenvalue weighted by molar-refractivity contribution is -0.137. The third-order valence-corrected chi connectivity index (χ3v) is 7.11. The van der Waals surface area contributed by atoms with E-state index in [4.69, 9.17) is 0 Å². The number of nitrogens with zero attached hydrogens (tertiary/aromatic N) is 3. The Labute approximate surface area is 197 Å². The molecule has 0 unspecified atom stereocenters. The lowest BCUT2D eigenvalue weighted by Gasteiger charge is -2.47. The third-order valence-electron chi connectivity index (χ3n) is 7.11. The predicted octanol–water partition coefficient (Wildman–Crippen LogP) is 3.44. The zero-order chi connectivity index (χ0) is 24.5. The monoisotopic (exact) mass is 479 g/mol. The topological polar surface area (TPSA) is 90.4 Å². The fourth-order valence-corrected chi connectivity index (χ4v) is 5.08. The van der Waals surface area contributed by atoms with E-state index < -0.39 is 11.7 Å². The van der Waals surface area contributed by atoms with Crippen molar-refractivity contribution in [1.29, 1.82) is 0 Å². The van der Waals surface area contributed by atoms with Crippen molar-refractivity contribution in [3.8, 4) is 0 Å². The fraction of sp³-hybridized carbons (Fsp3) is 0.625. The Hall–Kier alpha value is -2.46. The summed E-state index contributed by atoms with van der Waals surface area (Å²) < 4.78 is 39.2. The van der Waals surface area contributed by atoms with Crippen LogP contribution in [0, 0.1) is 11.8 Å². The number of fused-ring (bicyclic) bond motifs is 1. The number of aliphatic hydroxyl groups excluding tert-OH is 1. The van der Waals surface area contributed by atoms with Gasteiger partial charge in [0.05, 0.1) is 30.5 Å². The van der Waals surface area contributed by atoms with Gasteiger partial charge in [-0.15, -0.1) is 5.10 Å². The Morgan fingerprint density at radius 3 is 2.56 bits per heavy atom. The first kappa shape index (κ1) is 24.7. The number of aromatic nitrogens is 2. The lowest BCUT2D eigenvalue weighted by atomic mass is 9.78. The van der Waals surface area contributed by atoms with Crippen molar-refractivity contribution in [3.63, 3.8) is 0 Å². The van der Waals surface area contributed by atoms with Gasteiger partial charge < -0.3 is 15.7 Å². The minimum absolute atomic E-state index is 0.0590. The van der Waals surface area contributed by atoms with Crippen molar-refractivity contribution in [2.24, 2.45) is 11.8 Å². The summed E-state index contributed by atoms with van der Waals surface area (Å²) >= 11 is 0. The first-order valence-electron chi connectivity index (χ1n) is 11.9. The molecule has 186 valence electrons. The van der Waals surface area contributed by atoms with Crippen molar-refractivity contribution < 1.29 is 23.1 Å². The van der Waals surface area contributed by atoms with Gasteiger partial charge in [-0.05, 0) is 49.7 Å². The largest absolute Gasteiger partial charge is 0.416 e. The number of hydrogen-bond acceptors (Lipinski definition) is 6. The Kier molecular flexibility index (Phi) is 7.28. The van der Waals surface area contributed by atoms with Crippen LogP contribution in [0.2, 0.25) is 0 Å². The van der Waals surface area contributed by atoms with Crippen molar-refractivity contribution in [1.82, 2.24) is 20.4 Å². The highest BCUT2D eigenvalue weighted by Crippen LogP contribution is 2.34. The van der Waals surface area contributed by atoms with Crippen molar-refractivity contribution in [2.45, 2.75) is 63.9 Å². The van der Waals surface area contributed by atoms with Gasteiger partial charge in [0, 0.05) is 29.9 Å². The van der Waals surface area contributed by atoms with Crippen LogP contribution < -0.4 is 10.6 Å². The second-order valence-corrected chi connectivity index (χ2v) is 9.87. The van der Waals surface area contributed by atoms with Crippen molar-refractivity contribution in [2.75, 3.05) is 25.0 Å². The van der Waals surface area contributed by atoms with Crippen LogP contribution in [0.1, 0.15) is 45.1 Å². The SMILES string of the molecule is CC(C)[C@H](O)C1CCC(N2CC(NC(=O)CNc3nncc4ccc(C(F)(F)F)cc34)C2)CC1. The Morgan fingerprint density at radius 2 is 1.91 bits per heavy atom. The fourth-order valence-electron chi connectivity index (χ4n) is 5.08. The summed E-state index contributed by atoms with van der Waals surface area (Å²) in [5.41, 5.74) is -0.775. The molecule has 1 saturated carbocycles. The molecule has 4 rings (SSSR count). The van der Waals surface area contributed by atoms with E-state index in [9.17, 15) is 23.1 Å². The van der Waals surface area contributed by atoms with E-state index in [1.807, 2.05) is 0 Å². The maximum atomic E-state index is 13.1. The van der Waals surface area contributed by atoms with Gasteiger partial charge in [-0.3, -0.25) is 9.69 Å². The van der Waals surface area contributed by atoms with E-state index in [0.717, 1.165) is 50.9 Å². The van der Waals surface area contributed by atoms with Crippen LogP contribution in [0.4, 0.5) is 19.0 Å². The Morgan fingerprint density at radius 1 is 1.21 bits per heavy atom. The quantitative estimate of drug-likeness (QED) is 0.564. The second kappa shape index (κ2) is 10.0. The van der Waals surface area contributed by atoms with Gasteiger partial charge in [-0.1, -0.05) is 19.9 Å². The molecule has 1 saturated heterocycles. The molecule has 1 aromatic carbocycles. The zero-order valence-corrected chi connectivity index (χ0v) is 19.5. The standard InChI is InChI=1S/C24H32F3N5O2/c1-14(2)22(34)15-4-7-19(8-5-15)32-12-18(13-32)30-21(33)11-28-23-20-9-17(24(25,26)27)6-3-16(20)10-29-31-23/h3,6,9-10,14-15,18-19,22,34H,4-5,7-8,11-13H2,1-2H3,(H,28,31)(H,30,33)/t15?,19?,22-/m0/s1. The predicted molar refractivity (Wildman–Crippen MR) is 123 cm³/mol. The molecule has 0 bridgehead atoms. The molecule has 1 aromatic heterocycles. The average molecular weight is 480 g/mol. The molecule has 10 heteroatoms. The minimum Gasteiger partial charge on any atom is -0.393 e. The average Bonchev–Trinajstić information content (AvgIpc) is 2.78. The van der Waals surface area contributed by atoms with Crippen LogP contribution in [0.25, 0.3) is 10.8 Å². The molecule has 0 spiro atoms. The van der Waals surface area contributed by atoms with Gasteiger partial charge in [0.25, 0.3) is 0 Å². The molecule has 1 aliphatic heterocycles. The summed E-state index contributed by atoms with van der Waals surface area (Å²) in [5.74, 6) is 0.572. The van der Waals surface area contributed by atoms with E-state index in [1.54, 1.807) is 0 Å². The number of alkyl halides is 3. The smallest absolute Gasteiger partial charge is 0.393 e. The third kappa shape index (κ3) is 5.60. The summed E-state index contributed by atoms with van der Waals surface area (Å²) in [6.07, 6.45) is 0.888. The van der Waals surface area contributed by atoms with Crippen LogP contribution in [0.5, 0.6) is 0 Å². The molecule has 34 heavy (non-hydrogen) atoms. The van der Waals surface area contributed by atoms with E-state index >= 15 is 0 Å². The van der Waals surface area contributed by atoms with E-state index in [0.29, 0.717) is 17.3 Å². The first-order chi connectivity index (χ1) is 16.1. The van der Waals surface area contributed by atoms with Crippen molar-refractivity contribution >= 4 is 22.5 Å². The number of nitrogens with one attached hydrogen (secondary N) is 2. The van der Waals surface area contributed by atoms with Gasteiger partial charge in [0.15, 0.2) is 5.82 Å².